The molecule has 0 bridgehead atoms. The third-order valence-corrected chi connectivity index (χ3v) is 7.97. The van der Waals surface area contributed by atoms with E-state index in [0.29, 0.717) is 51.6 Å². The number of nitrogens with one attached hydrogen (secondary N) is 2. The van der Waals surface area contributed by atoms with Crippen LogP contribution in [0.4, 0.5) is 14.4 Å². The molecule has 11 heteroatoms. The van der Waals surface area contributed by atoms with E-state index in [9.17, 15) is 24.6 Å². The average Bonchev–Trinajstić information content (AvgIpc) is 3.11. The van der Waals surface area contributed by atoms with E-state index in [4.69, 9.17) is 9.47 Å². The summed E-state index contributed by atoms with van der Waals surface area (Å²) in [6.07, 6.45) is 1.50. The maximum atomic E-state index is 14.4. The highest BCUT2D eigenvalue weighted by molar-refractivity contribution is 5.76. The number of aliphatic hydroxyl groups is 2. The lowest BCUT2D eigenvalue weighted by molar-refractivity contribution is -0.0397. The first-order valence-corrected chi connectivity index (χ1v) is 15.6. The lowest BCUT2D eigenvalue weighted by Gasteiger charge is -2.35. The zero-order valence-corrected chi connectivity index (χ0v) is 25.9. The number of benzene rings is 2. The number of carbonyl (C=O) groups is 3. The van der Waals surface area contributed by atoms with Crippen LogP contribution in [0, 0.1) is 0 Å². The minimum Gasteiger partial charge on any atom is -0.450 e. The van der Waals surface area contributed by atoms with E-state index < -0.39 is 36.5 Å². The van der Waals surface area contributed by atoms with Crippen LogP contribution in [0.2, 0.25) is 0 Å². The van der Waals surface area contributed by atoms with Crippen LogP contribution in [0.1, 0.15) is 49.7 Å². The summed E-state index contributed by atoms with van der Waals surface area (Å²) in [4.78, 5) is 40.6. The lowest BCUT2D eigenvalue weighted by atomic mass is 9.91. The lowest BCUT2D eigenvalue weighted by Crippen LogP contribution is -2.51. The predicted octanol–water partition coefficient (Wildman–Crippen LogP) is 3.72. The summed E-state index contributed by atoms with van der Waals surface area (Å²) in [5, 5.41) is 28.2. The van der Waals surface area contributed by atoms with Gasteiger partial charge in [0.2, 0.25) is 0 Å². The topological polar surface area (TPSA) is 141 Å². The van der Waals surface area contributed by atoms with Crippen molar-refractivity contribution in [1.29, 1.82) is 0 Å². The first-order valence-electron chi connectivity index (χ1n) is 15.6. The van der Waals surface area contributed by atoms with Gasteiger partial charge in [-0.1, -0.05) is 60.7 Å². The summed E-state index contributed by atoms with van der Waals surface area (Å²) >= 11 is 0. The Bertz CT molecular complexity index is 1050. The van der Waals surface area contributed by atoms with E-state index >= 15 is 0 Å². The van der Waals surface area contributed by atoms with Crippen molar-refractivity contribution >= 4 is 18.2 Å². The first-order chi connectivity index (χ1) is 21.3. The molecular formula is C33H48N4O7. The highest BCUT2D eigenvalue weighted by Gasteiger charge is 2.45. The highest BCUT2D eigenvalue weighted by atomic mass is 16.6. The SMILES string of the molecule is CNC(=O)OCCCCCN1C(=O)N(CCCCCOC(=O)NC)[C@H](Cc2ccccc2)[C@H](O)[C@@H](O)[C@H]1Cc1ccccc1. The van der Waals surface area contributed by atoms with E-state index in [2.05, 4.69) is 10.6 Å². The molecule has 2 aromatic rings. The summed E-state index contributed by atoms with van der Waals surface area (Å²) in [6.45, 7) is 1.32. The molecular weight excluding hydrogens is 564 g/mol. The molecule has 1 aliphatic heterocycles. The Morgan fingerprint density at radius 3 is 1.41 bits per heavy atom. The normalized spacial score (nSPS) is 20.1. The number of amides is 4. The number of unbranched alkanes of at least 4 members (excludes halogenated alkanes) is 4. The number of hydrogen-bond donors (Lipinski definition) is 4. The van der Waals surface area contributed by atoms with Gasteiger partial charge < -0.3 is 40.1 Å². The Kier molecular flexibility index (Phi) is 14.8. The van der Waals surface area contributed by atoms with E-state index in [1.165, 1.54) is 14.1 Å². The number of carbonyl (C=O) groups excluding carboxylic acids is 3. The van der Waals surface area contributed by atoms with Crippen molar-refractivity contribution in [3.63, 3.8) is 0 Å². The molecule has 1 saturated heterocycles. The second-order valence-corrected chi connectivity index (χ2v) is 11.1. The molecule has 4 amide bonds. The molecule has 242 valence electrons. The maximum absolute atomic E-state index is 14.4. The van der Waals surface area contributed by atoms with Gasteiger partial charge in [-0.2, -0.15) is 0 Å². The smallest absolute Gasteiger partial charge is 0.406 e. The van der Waals surface area contributed by atoms with Crippen LogP contribution in [0.25, 0.3) is 0 Å². The molecule has 4 atom stereocenters. The summed E-state index contributed by atoms with van der Waals surface area (Å²) in [5.74, 6) is 0. The van der Waals surface area contributed by atoms with Crippen LogP contribution < -0.4 is 10.6 Å². The zero-order valence-electron chi connectivity index (χ0n) is 25.9. The summed E-state index contributed by atoms with van der Waals surface area (Å²) in [7, 11) is 3.02. The van der Waals surface area contributed by atoms with Crippen molar-refractivity contribution in [2.75, 3.05) is 40.4 Å². The third kappa shape index (κ3) is 10.7. The molecule has 0 aromatic heterocycles. The van der Waals surface area contributed by atoms with E-state index in [1.807, 2.05) is 60.7 Å². The maximum Gasteiger partial charge on any atom is 0.406 e. The molecule has 1 aliphatic rings. The Morgan fingerprint density at radius 2 is 1.05 bits per heavy atom. The van der Waals surface area contributed by atoms with Gasteiger partial charge in [-0.25, -0.2) is 14.4 Å². The average molecular weight is 613 g/mol. The molecule has 11 nitrogen and oxygen atoms in total. The Balaban J connectivity index is 1.81. The van der Waals surface area contributed by atoms with Crippen LogP contribution >= 0.6 is 0 Å². The molecule has 44 heavy (non-hydrogen) atoms. The molecule has 1 heterocycles. The molecule has 3 rings (SSSR count). The minimum absolute atomic E-state index is 0.217. The molecule has 2 aromatic carbocycles. The second kappa shape index (κ2) is 18.7. The third-order valence-electron chi connectivity index (χ3n) is 7.97. The molecule has 0 radical (unpaired) electrons. The van der Waals surface area contributed by atoms with Crippen LogP contribution in [0.15, 0.2) is 60.7 Å². The van der Waals surface area contributed by atoms with Gasteiger partial charge in [0.25, 0.3) is 0 Å². The number of urea groups is 1. The van der Waals surface area contributed by atoms with Gasteiger partial charge in [0.05, 0.1) is 25.3 Å². The second-order valence-electron chi connectivity index (χ2n) is 11.1. The highest BCUT2D eigenvalue weighted by Crippen LogP contribution is 2.28. The van der Waals surface area contributed by atoms with Crippen molar-refractivity contribution in [2.45, 2.75) is 75.7 Å². The van der Waals surface area contributed by atoms with Crippen LogP contribution in [0.3, 0.4) is 0 Å². The molecule has 1 fully saturated rings. The fraction of sp³-hybridized carbons (Fsp3) is 0.545. The fourth-order valence-electron chi connectivity index (χ4n) is 5.56. The van der Waals surface area contributed by atoms with Crippen molar-refractivity contribution in [3.8, 4) is 0 Å². The van der Waals surface area contributed by atoms with Gasteiger partial charge >= 0.3 is 18.2 Å². The summed E-state index contributed by atoms with van der Waals surface area (Å²) in [6, 6.07) is 17.9. The van der Waals surface area contributed by atoms with Gasteiger partial charge in [0, 0.05) is 27.2 Å². The van der Waals surface area contributed by atoms with Crippen LogP contribution in [-0.4, -0.2) is 103 Å². The Morgan fingerprint density at radius 1 is 0.659 bits per heavy atom. The molecule has 0 spiro atoms. The standard InChI is InChI=1S/C33H48N4O7/c1-34-31(40)43-21-13-5-11-19-36-27(23-25-15-7-3-8-16-25)29(38)30(39)28(24-26-17-9-4-10-18-26)37(33(36)42)20-12-6-14-22-44-32(41)35-2/h3-4,7-10,15-18,27-30,38-39H,5-6,11-14,19-24H2,1-2H3,(H,34,40)(H,35,41)/t27-,28-,29+,30+/m1/s1. The van der Waals surface area contributed by atoms with Gasteiger partial charge in [0.15, 0.2) is 0 Å². The van der Waals surface area contributed by atoms with Gasteiger partial charge in [-0.15, -0.1) is 0 Å². The minimum atomic E-state index is -1.17. The molecule has 0 unspecified atom stereocenters. The zero-order chi connectivity index (χ0) is 31.7. The van der Waals surface area contributed by atoms with Gasteiger partial charge in [0.1, 0.15) is 12.2 Å². The summed E-state index contributed by atoms with van der Waals surface area (Å²) in [5.41, 5.74) is 1.93. The largest absolute Gasteiger partial charge is 0.450 e. The molecule has 0 aliphatic carbocycles. The van der Waals surface area contributed by atoms with Crippen LogP contribution in [-0.2, 0) is 22.3 Å². The number of rotatable bonds is 16. The number of aliphatic hydroxyl groups excluding tert-OH is 2. The first kappa shape index (κ1) is 34.7. The van der Waals surface area contributed by atoms with Crippen molar-refractivity contribution in [2.24, 2.45) is 0 Å². The number of ether oxygens (including phenoxy) is 2. The van der Waals surface area contributed by atoms with E-state index in [1.54, 1.807) is 9.80 Å². The number of nitrogens with zero attached hydrogens (tertiary/aromatic N) is 2. The van der Waals surface area contributed by atoms with Crippen molar-refractivity contribution < 1.29 is 34.1 Å². The van der Waals surface area contributed by atoms with E-state index in [0.717, 1.165) is 24.0 Å². The number of hydrogen-bond acceptors (Lipinski definition) is 7. The molecule has 0 saturated carbocycles. The van der Waals surface area contributed by atoms with Crippen molar-refractivity contribution in [1.82, 2.24) is 20.4 Å². The van der Waals surface area contributed by atoms with Crippen LogP contribution in [0.5, 0.6) is 0 Å². The Hall–Kier alpha value is -3.83. The monoisotopic (exact) mass is 612 g/mol. The van der Waals surface area contributed by atoms with Gasteiger partial charge in [-0.05, 0) is 62.5 Å². The summed E-state index contributed by atoms with van der Waals surface area (Å²) < 4.78 is 10.2. The van der Waals surface area contributed by atoms with E-state index in [-0.39, 0.29) is 19.2 Å². The van der Waals surface area contributed by atoms with Gasteiger partial charge in [-0.3, -0.25) is 0 Å². The molecule has 4 N–H and O–H groups in total. The number of alkyl carbamates (subject to hydrolysis) is 2. The van der Waals surface area contributed by atoms with Crippen molar-refractivity contribution in [3.05, 3.63) is 71.8 Å². The quantitative estimate of drug-likeness (QED) is 0.212. The fourth-order valence-corrected chi connectivity index (χ4v) is 5.56. The Labute approximate surface area is 260 Å². The predicted molar refractivity (Wildman–Crippen MR) is 167 cm³/mol.